The number of nitrogens with zero attached hydrogens (tertiary/aromatic N) is 1. The molecule has 0 radical (unpaired) electrons. The van der Waals surface area contributed by atoms with Crippen LogP contribution in [0.2, 0.25) is 0 Å². The molecule has 0 aliphatic rings. The zero-order valence-electron chi connectivity index (χ0n) is 20.5. The minimum atomic E-state index is -0.832. The first kappa shape index (κ1) is 26.5. The number of carbonyl (C=O) groups excluding carboxylic acids is 3. The van der Waals surface area contributed by atoms with Crippen LogP contribution in [0.3, 0.4) is 0 Å². The molecule has 0 spiro atoms. The lowest BCUT2D eigenvalue weighted by atomic mass is 9.95. The molecule has 0 aromatic heterocycles. The van der Waals surface area contributed by atoms with Gasteiger partial charge in [-0.15, -0.1) is 0 Å². The van der Waals surface area contributed by atoms with Gasteiger partial charge in [-0.3, -0.25) is 9.59 Å². The Labute approximate surface area is 186 Å². The van der Waals surface area contributed by atoms with Gasteiger partial charge in [-0.05, 0) is 72.9 Å². The predicted molar refractivity (Wildman–Crippen MR) is 123 cm³/mol. The monoisotopic (exact) mass is 433 g/mol. The lowest BCUT2D eigenvalue weighted by molar-refractivity contribution is -0.146. The van der Waals surface area contributed by atoms with Crippen molar-refractivity contribution in [3.05, 3.63) is 35.4 Å². The molecule has 0 saturated carbocycles. The average Bonchev–Trinajstić information content (AvgIpc) is 2.61. The van der Waals surface area contributed by atoms with Crippen molar-refractivity contribution in [2.24, 2.45) is 0 Å². The number of benzene rings is 1. The standard InChI is InChI=1S/C24H39N3O4/c1-10-17-11-13-18(14-12-17)20(21(29)26-16(2)3)27(23(4,5)6)19(28)15-25-22(30)31-24(7,8)9/h11-14,16,20H,10,15H2,1-9H3,(H,25,30)(H,26,29). The highest BCUT2D eigenvalue weighted by atomic mass is 16.6. The molecule has 0 bridgehead atoms. The number of carbonyl (C=O) groups is 3. The summed E-state index contributed by atoms with van der Waals surface area (Å²) in [6.45, 7) is 16.4. The Bertz CT molecular complexity index is 759. The topological polar surface area (TPSA) is 87.7 Å². The van der Waals surface area contributed by atoms with Crippen LogP contribution >= 0.6 is 0 Å². The molecule has 0 heterocycles. The molecule has 2 N–H and O–H groups in total. The number of nitrogens with one attached hydrogen (secondary N) is 2. The van der Waals surface area contributed by atoms with E-state index in [2.05, 4.69) is 17.6 Å². The highest BCUT2D eigenvalue weighted by Crippen LogP contribution is 2.29. The van der Waals surface area contributed by atoms with Gasteiger partial charge in [0, 0.05) is 11.6 Å². The normalized spacial score (nSPS) is 12.8. The van der Waals surface area contributed by atoms with Gasteiger partial charge in [0.05, 0.1) is 0 Å². The molecule has 0 saturated heterocycles. The third-order valence-corrected chi connectivity index (χ3v) is 4.42. The molecule has 7 nitrogen and oxygen atoms in total. The van der Waals surface area contributed by atoms with Crippen LogP contribution in [0.15, 0.2) is 24.3 Å². The first-order valence-electron chi connectivity index (χ1n) is 10.8. The van der Waals surface area contributed by atoms with Crippen molar-refractivity contribution >= 4 is 17.9 Å². The number of hydrogen-bond acceptors (Lipinski definition) is 4. The van der Waals surface area contributed by atoms with Crippen molar-refractivity contribution < 1.29 is 19.1 Å². The van der Waals surface area contributed by atoms with E-state index in [0.29, 0.717) is 0 Å². The van der Waals surface area contributed by atoms with Gasteiger partial charge in [-0.1, -0.05) is 31.2 Å². The van der Waals surface area contributed by atoms with E-state index in [1.54, 1.807) is 20.8 Å². The summed E-state index contributed by atoms with van der Waals surface area (Å²) in [7, 11) is 0. The van der Waals surface area contributed by atoms with Gasteiger partial charge in [0.15, 0.2) is 0 Å². The van der Waals surface area contributed by atoms with Gasteiger partial charge >= 0.3 is 6.09 Å². The summed E-state index contributed by atoms with van der Waals surface area (Å²) >= 11 is 0. The van der Waals surface area contributed by atoms with Crippen LogP contribution in [0.1, 0.15) is 79.5 Å². The summed E-state index contributed by atoms with van der Waals surface area (Å²) in [6.07, 6.45) is 0.204. The minimum absolute atomic E-state index is 0.0817. The van der Waals surface area contributed by atoms with Crippen molar-refractivity contribution in [2.75, 3.05) is 6.54 Å². The maximum atomic E-state index is 13.3. The molecule has 0 aliphatic carbocycles. The number of rotatable bonds is 7. The molecular formula is C24H39N3O4. The van der Waals surface area contributed by atoms with Gasteiger partial charge in [0.1, 0.15) is 18.2 Å². The number of amides is 3. The number of ether oxygens (including phenoxy) is 1. The molecule has 7 heteroatoms. The fraction of sp³-hybridized carbons (Fsp3) is 0.625. The van der Waals surface area contributed by atoms with Crippen LogP contribution in [-0.2, 0) is 20.7 Å². The van der Waals surface area contributed by atoms with Gasteiger partial charge in [-0.2, -0.15) is 0 Å². The predicted octanol–water partition coefficient (Wildman–Crippen LogP) is 3.97. The highest BCUT2D eigenvalue weighted by Gasteiger charge is 2.38. The fourth-order valence-electron chi connectivity index (χ4n) is 3.17. The summed E-state index contributed by atoms with van der Waals surface area (Å²) < 4.78 is 5.22. The molecule has 31 heavy (non-hydrogen) atoms. The smallest absolute Gasteiger partial charge is 0.408 e. The number of hydrogen-bond donors (Lipinski definition) is 2. The van der Waals surface area contributed by atoms with Crippen molar-refractivity contribution in [2.45, 2.75) is 92.0 Å². The Kier molecular flexibility index (Phi) is 9.09. The van der Waals surface area contributed by atoms with Crippen molar-refractivity contribution in [3.8, 4) is 0 Å². The van der Waals surface area contributed by atoms with E-state index in [1.807, 2.05) is 58.9 Å². The summed E-state index contributed by atoms with van der Waals surface area (Å²) in [5.41, 5.74) is 0.523. The van der Waals surface area contributed by atoms with Crippen LogP contribution in [0, 0.1) is 0 Å². The second-order valence-electron chi connectivity index (χ2n) is 9.95. The van der Waals surface area contributed by atoms with Crippen LogP contribution < -0.4 is 10.6 Å². The molecule has 1 aromatic rings. The lowest BCUT2D eigenvalue weighted by Crippen LogP contribution is -2.55. The SMILES string of the molecule is CCc1ccc(C(C(=O)NC(C)C)N(C(=O)CNC(=O)OC(C)(C)C)C(C)(C)C)cc1. The minimum Gasteiger partial charge on any atom is -0.444 e. The Morgan fingerprint density at radius 2 is 1.55 bits per heavy atom. The average molecular weight is 434 g/mol. The molecule has 1 atom stereocenters. The van der Waals surface area contributed by atoms with E-state index in [9.17, 15) is 14.4 Å². The molecule has 1 aromatic carbocycles. The van der Waals surface area contributed by atoms with Crippen LogP contribution in [0.25, 0.3) is 0 Å². The van der Waals surface area contributed by atoms with Gasteiger partial charge < -0.3 is 20.3 Å². The third-order valence-electron chi connectivity index (χ3n) is 4.42. The summed E-state index contributed by atoms with van der Waals surface area (Å²) in [4.78, 5) is 40.0. The van der Waals surface area contributed by atoms with E-state index >= 15 is 0 Å². The fourth-order valence-corrected chi connectivity index (χ4v) is 3.17. The quantitative estimate of drug-likeness (QED) is 0.681. The van der Waals surface area contributed by atoms with Gasteiger partial charge in [-0.25, -0.2) is 4.79 Å². The summed E-state index contributed by atoms with van der Waals surface area (Å²) in [6, 6.07) is 6.79. The number of aryl methyl sites for hydroxylation is 1. The summed E-state index contributed by atoms with van der Waals surface area (Å²) in [5.74, 6) is -0.637. The third kappa shape index (κ3) is 8.59. The Morgan fingerprint density at radius 1 is 1.00 bits per heavy atom. The second-order valence-corrected chi connectivity index (χ2v) is 9.95. The maximum absolute atomic E-state index is 13.3. The van der Waals surface area contributed by atoms with E-state index in [0.717, 1.165) is 17.5 Å². The zero-order valence-corrected chi connectivity index (χ0v) is 20.5. The van der Waals surface area contributed by atoms with Gasteiger partial charge in [0.25, 0.3) is 0 Å². The first-order valence-corrected chi connectivity index (χ1v) is 10.8. The molecule has 1 rings (SSSR count). The van der Waals surface area contributed by atoms with Crippen LogP contribution in [0.4, 0.5) is 4.79 Å². The molecule has 174 valence electrons. The Hall–Kier alpha value is -2.57. The largest absolute Gasteiger partial charge is 0.444 e. The lowest BCUT2D eigenvalue weighted by Gasteiger charge is -2.41. The Morgan fingerprint density at radius 3 is 1.97 bits per heavy atom. The summed E-state index contributed by atoms with van der Waals surface area (Å²) in [5, 5.41) is 5.44. The van der Waals surface area contributed by atoms with Crippen molar-refractivity contribution in [1.82, 2.24) is 15.5 Å². The van der Waals surface area contributed by atoms with Crippen molar-refractivity contribution in [3.63, 3.8) is 0 Å². The highest BCUT2D eigenvalue weighted by molar-refractivity contribution is 5.91. The molecule has 0 aliphatic heterocycles. The van der Waals surface area contributed by atoms with E-state index in [1.165, 1.54) is 4.90 Å². The van der Waals surface area contributed by atoms with E-state index in [-0.39, 0.29) is 24.4 Å². The van der Waals surface area contributed by atoms with E-state index < -0.39 is 23.3 Å². The second kappa shape index (κ2) is 10.6. The van der Waals surface area contributed by atoms with E-state index in [4.69, 9.17) is 4.74 Å². The van der Waals surface area contributed by atoms with Crippen LogP contribution in [-0.4, -0.2) is 46.5 Å². The number of alkyl carbamates (subject to hydrolysis) is 1. The van der Waals surface area contributed by atoms with Crippen molar-refractivity contribution in [1.29, 1.82) is 0 Å². The zero-order chi connectivity index (χ0) is 24.0. The Balaban J connectivity index is 3.26. The maximum Gasteiger partial charge on any atom is 0.408 e. The molecule has 1 unspecified atom stereocenters. The van der Waals surface area contributed by atoms with Crippen LogP contribution in [0.5, 0.6) is 0 Å². The molecular weight excluding hydrogens is 394 g/mol. The molecule has 0 fully saturated rings. The van der Waals surface area contributed by atoms with Gasteiger partial charge in [0.2, 0.25) is 11.8 Å². The first-order chi connectivity index (χ1) is 14.2. The molecule has 3 amide bonds.